The van der Waals surface area contributed by atoms with Crippen LogP contribution in [-0.2, 0) is 0 Å². The summed E-state index contributed by atoms with van der Waals surface area (Å²) < 4.78 is 7.38. The van der Waals surface area contributed by atoms with Gasteiger partial charge in [0.05, 0.1) is 16.6 Å². The minimum absolute atomic E-state index is 0.411. The number of hydrogen-bond acceptors (Lipinski definition) is 5. The third kappa shape index (κ3) is 2.30. The van der Waals surface area contributed by atoms with Gasteiger partial charge in [-0.25, -0.2) is 19.3 Å². The van der Waals surface area contributed by atoms with Crippen LogP contribution < -0.4 is 5.63 Å². The second-order valence-corrected chi connectivity index (χ2v) is 7.49. The fourth-order valence-corrected chi connectivity index (χ4v) is 4.20. The lowest BCUT2D eigenvalue weighted by Crippen LogP contribution is -2.07. The van der Waals surface area contributed by atoms with Crippen LogP contribution >= 0.6 is 0 Å². The fraction of sp³-hybridized carbons (Fsp3) is 0.0833. The molecule has 0 atom stereocenters. The molecule has 30 heavy (non-hydrogen) atoms. The standard InChI is InChI=1S/C24H16N4O2/c1-13-11-14(2)26-22-21(13)23-25-10-9-19(28(23)27-22)18-12-17-16-6-4-3-5-15(16)7-8-20(17)30-24(18)29/h3-12H,1-2H3. The summed E-state index contributed by atoms with van der Waals surface area (Å²) in [5.74, 6) is 0. The van der Waals surface area contributed by atoms with Crippen molar-refractivity contribution in [3.8, 4) is 11.3 Å². The molecule has 6 heteroatoms. The van der Waals surface area contributed by atoms with Crippen molar-refractivity contribution in [1.82, 2.24) is 19.6 Å². The van der Waals surface area contributed by atoms with E-state index in [1.807, 2.05) is 62.4 Å². The predicted octanol–water partition coefficient (Wildman–Crippen LogP) is 4.82. The summed E-state index contributed by atoms with van der Waals surface area (Å²) in [6, 6.07) is 17.5. The van der Waals surface area contributed by atoms with Gasteiger partial charge in [0, 0.05) is 17.3 Å². The normalized spacial score (nSPS) is 11.8. The zero-order valence-electron chi connectivity index (χ0n) is 16.4. The fourth-order valence-electron chi connectivity index (χ4n) is 4.20. The molecule has 0 fully saturated rings. The Morgan fingerprint density at radius 1 is 0.967 bits per heavy atom. The van der Waals surface area contributed by atoms with Gasteiger partial charge in [-0.1, -0.05) is 30.3 Å². The highest BCUT2D eigenvalue weighted by Crippen LogP contribution is 2.29. The lowest BCUT2D eigenvalue weighted by molar-refractivity contribution is 0.563. The molecule has 2 aromatic carbocycles. The number of aromatic nitrogens is 4. The van der Waals surface area contributed by atoms with E-state index in [2.05, 4.69) is 15.1 Å². The van der Waals surface area contributed by atoms with Crippen LogP contribution in [0.1, 0.15) is 11.3 Å². The maximum atomic E-state index is 12.9. The van der Waals surface area contributed by atoms with Gasteiger partial charge < -0.3 is 4.42 Å². The van der Waals surface area contributed by atoms with E-state index in [1.54, 1.807) is 16.8 Å². The minimum Gasteiger partial charge on any atom is -0.422 e. The molecule has 4 aromatic heterocycles. The Morgan fingerprint density at radius 2 is 1.83 bits per heavy atom. The highest BCUT2D eigenvalue weighted by molar-refractivity contribution is 6.06. The van der Waals surface area contributed by atoms with E-state index in [9.17, 15) is 4.79 Å². The van der Waals surface area contributed by atoms with Crippen molar-refractivity contribution in [3.05, 3.63) is 82.5 Å². The van der Waals surface area contributed by atoms with Crippen LogP contribution in [0.3, 0.4) is 0 Å². The van der Waals surface area contributed by atoms with Crippen molar-refractivity contribution in [3.63, 3.8) is 0 Å². The third-order valence-electron chi connectivity index (χ3n) is 5.52. The molecule has 0 bridgehead atoms. The molecule has 0 N–H and O–H groups in total. The Labute approximate surface area is 170 Å². The zero-order chi connectivity index (χ0) is 20.4. The van der Waals surface area contributed by atoms with Crippen molar-refractivity contribution in [1.29, 1.82) is 0 Å². The zero-order valence-corrected chi connectivity index (χ0v) is 16.4. The summed E-state index contributed by atoms with van der Waals surface area (Å²) >= 11 is 0. The summed E-state index contributed by atoms with van der Waals surface area (Å²) in [5.41, 5.74) is 4.44. The molecule has 0 radical (unpaired) electrons. The molecule has 0 saturated carbocycles. The molecule has 0 aliphatic carbocycles. The molecule has 6 aromatic rings. The average Bonchev–Trinajstić information content (AvgIpc) is 3.11. The van der Waals surface area contributed by atoms with Gasteiger partial charge in [0.2, 0.25) is 0 Å². The molecule has 144 valence electrons. The Bertz CT molecular complexity index is 1700. The number of aryl methyl sites for hydroxylation is 2. The molecule has 0 amide bonds. The van der Waals surface area contributed by atoms with E-state index >= 15 is 0 Å². The van der Waals surface area contributed by atoms with Gasteiger partial charge in [0.25, 0.3) is 0 Å². The van der Waals surface area contributed by atoms with E-state index in [1.165, 1.54) is 0 Å². The van der Waals surface area contributed by atoms with Gasteiger partial charge in [0.1, 0.15) is 5.58 Å². The predicted molar refractivity (Wildman–Crippen MR) is 117 cm³/mol. The van der Waals surface area contributed by atoms with E-state index < -0.39 is 5.63 Å². The van der Waals surface area contributed by atoms with Crippen LogP contribution in [0.15, 0.2) is 70.0 Å². The summed E-state index contributed by atoms with van der Waals surface area (Å²) in [7, 11) is 0. The monoisotopic (exact) mass is 392 g/mol. The number of fused-ring (bicyclic) bond motifs is 6. The van der Waals surface area contributed by atoms with Gasteiger partial charge in [0.15, 0.2) is 11.3 Å². The number of hydrogen-bond donors (Lipinski definition) is 0. The summed E-state index contributed by atoms with van der Waals surface area (Å²) in [5, 5.41) is 8.55. The van der Waals surface area contributed by atoms with Crippen LogP contribution in [0.2, 0.25) is 0 Å². The molecular weight excluding hydrogens is 376 g/mol. The van der Waals surface area contributed by atoms with Crippen LogP contribution in [0.5, 0.6) is 0 Å². The van der Waals surface area contributed by atoms with E-state index in [4.69, 9.17) is 4.42 Å². The van der Waals surface area contributed by atoms with Gasteiger partial charge in [-0.2, -0.15) is 0 Å². The van der Waals surface area contributed by atoms with Crippen LogP contribution in [-0.4, -0.2) is 19.6 Å². The topological polar surface area (TPSA) is 73.3 Å². The Morgan fingerprint density at radius 3 is 2.73 bits per heavy atom. The Balaban J connectivity index is 1.73. The van der Waals surface area contributed by atoms with Gasteiger partial charge in [-0.05, 0) is 54.4 Å². The van der Waals surface area contributed by atoms with Crippen molar-refractivity contribution in [2.24, 2.45) is 0 Å². The highest BCUT2D eigenvalue weighted by Gasteiger charge is 2.17. The van der Waals surface area contributed by atoms with E-state index in [0.29, 0.717) is 28.1 Å². The second kappa shape index (κ2) is 5.97. The average molecular weight is 392 g/mol. The molecule has 0 saturated heterocycles. The summed E-state index contributed by atoms with van der Waals surface area (Å²) in [4.78, 5) is 22.0. The lowest BCUT2D eigenvalue weighted by atomic mass is 10.0. The molecule has 6 rings (SSSR count). The van der Waals surface area contributed by atoms with Gasteiger partial charge in [-0.15, -0.1) is 5.10 Å². The van der Waals surface area contributed by atoms with Gasteiger partial charge >= 0.3 is 5.63 Å². The largest absolute Gasteiger partial charge is 0.422 e. The molecular formula is C24H16N4O2. The summed E-state index contributed by atoms with van der Waals surface area (Å²) in [6.45, 7) is 3.96. The molecule has 6 nitrogen and oxygen atoms in total. The molecule has 0 spiro atoms. The van der Waals surface area contributed by atoms with E-state index in [-0.39, 0.29) is 0 Å². The first kappa shape index (κ1) is 16.9. The highest BCUT2D eigenvalue weighted by atomic mass is 16.4. The second-order valence-electron chi connectivity index (χ2n) is 7.49. The number of benzene rings is 2. The molecule has 0 aliphatic heterocycles. The van der Waals surface area contributed by atoms with Crippen molar-refractivity contribution < 1.29 is 4.42 Å². The summed E-state index contributed by atoms with van der Waals surface area (Å²) in [6.07, 6.45) is 1.69. The van der Waals surface area contributed by atoms with Crippen LogP contribution in [0, 0.1) is 13.8 Å². The molecule has 4 heterocycles. The molecule has 0 unspecified atom stereocenters. The minimum atomic E-state index is -0.411. The first-order valence-electron chi connectivity index (χ1n) is 9.68. The van der Waals surface area contributed by atoms with Crippen LogP contribution in [0.4, 0.5) is 0 Å². The van der Waals surface area contributed by atoms with E-state index in [0.717, 1.165) is 32.8 Å². The van der Waals surface area contributed by atoms with Crippen LogP contribution in [0.25, 0.3) is 49.7 Å². The quantitative estimate of drug-likeness (QED) is 0.296. The first-order chi connectivity index (χ1) is 14.6. The van der Waals surface area contributed by atoms with Crippen molar-refractivity contribution in [2.75, 3.05) is 0 Å². The molecule has 0 aliphatic rings. The number of nitrogens with zero attached hydrogens (tertiary/aromatic N) is 4. The third-order valence-corrected chi connectivity index (χ3v) is 5.52. The first-order valence-corrected chi connectivity index (χ1v) is 9.68. The maximum Gasteiger partial charge on any atom is 0.345 e. The number of pyridine rings is 1. The van der Waals surface area contributed by atoms with Crippen molar-refractivity contribution in [2.45, 2.75) is 13.8 Å². The maximum absolute atomic E-state index is 12.9. The Kier molecular flexibility index (Phi) is 3.35. The SMILES string of the molecule is Cc1cc(C)c2c(n1)nn1c(-c3cc4c(ccc5ccccc54)oc3=O)ccnc21. The number of rotatable bonds is 1. The van der Waals surface area contributed by atoms with Crippen molar-refractivity contribution >= 4 is 38.4 Å². The Hall–Kier alpha value is -4.06. The lowest BCUT2D eigenvalue weighted by Gasteiger charge is -2.07. The van der Waals surface area contributed by atoms with Gasteiger partial charge in [-0.3, -0.25) is 0 Å². The smallest absolute Gasteiger partial charge is 0.345 e.